The van der Waals surface area contributed by atoms with Crippen LogP contribution in [0.1, 0.15) is 74.9 Å². The maximum Gasteiger partial charge on any atom is 0.251 e. The van der Waals surface area contributed by atoms with Crippen molar-refractivity contribution in [2.75, 3.05) is 6.54 Å². The predicted molar refractivity (Wildman–Crippen MR) is 123 cm³/mol. The first kappa shape index (κ1) is 23.0. The SMILES string of the molecule is CC(C)C(NC(=O)c1ccc(C(C)(C)C)cc1)C(=O)NCCc1cn2c(n1)CCCC2. The fraction of sp³-hybridized carbons (Fsp3) is 0.560. The number of amides is 2. The quantitative estimate of drug-likeness (QED) is 0.713. The van der Waals surface area contributed by atoms with Crippen molar-refractivity contribution in [1.82, 2.24) is 20.2 Å². The second-order valence-corrected chi connectivity index (χ2v) is 9.86. The maximum absolute atomic E-state index is 12.8. The zero-order chi connectivity index (χ0) is 22.6. The Hall–Kier alpha value is -2.63. The molecule has 0 radical (unpaired) electrons. The highest BCUT2D eigenvalue weighted by Crippen LogP contribution is 2.22. The number of carbonyl (C=O) groups is 2. The molecule has 0 saturated carbocycles. The molecule has 0 spiro atoms. The van der Waals surface area contributed by atoms with E-state index in [2.05, 4.69) is 47.2 Å². The normalized spacial score (nSPS) is 14.8. The van der Waals surface area contributed by atoms with Gasteiger partial charge in [0.15, 0.2) is 0 Å². The molecule has 6 nitrogen and oxygen atoms in total. The van der Waals surface area contributed by atoms with Crippen molar-refractivity contribution in [2.24, 2.45) is 5.92 Å². The van der Waals surface area contributed by atoms with Gasteiger partial charge in [-0.2, -0.15) is 0 Å². The van der Waals surface area contributed by atoms with Gasteiger partial charge >= 0.3 is 0 Å². The minimum Gasteiger partial charge on any atom is -0.354 e. The van der Waals surface area contributed by atoms with Crippen molar-refractivity contribution in [2.45, 2.75) is 78.3 Å². The van der Waals surface area contributed by atoms with Crippen LogP contribution in [0.15, 0.2) is 30.5 Å². The molecule has 6 heteroatoms. The van der Waals surface area contributed by atoms with E-state index in [4.69, 9.17) is 0 Å². The molecule has 31 heavy (non-hydrogen) atoms. The Morgan fingerprint density at radius 3 is 2.45 bits per heavy atom. The number of hydrogen-bond donors (Lipinski definition) is 2. The average molecular weight is 425 g/mol. The van der Waals surface area contributed by atoms with Crippen molar-refractivity contribution in [1.29, 1.82) is 0 Å². The summed E-state index contributed by atoms with van der Waals surface area (Å²) in [5.74, 6) is 0.754. The molecular formula is C25H36N4O2. The van der Waals surface area contributed by atoms with Gasteiger partial charge in [0.1, 0.15) is 11.9 Å². The molecule has 2 aromatic rings. The van der Waals surface area contributed by atoms with Crippen LogP contribution in [0.5, 0.6) is 0 Å². The Labute approximate surface area is 185 Å². The first-order valence-corrected chi connectivity index (χ1v) is 11.4. The molecule has 1 aromatic carbocycles. The lowest BCUT2D eigenvalue weighted by atomic mass is 9.86. The van der Waals surface area contributed by atoms with Crippen molar-refractivity contribution in [3.63, 3.8) is 0 Å². The summed E-state index contributed by atoms with van der Waals surface area (Å²) >= 11 is 0. The Morgan fingerprint density at radius 1 is 1.13 bits per heavy atom. The Bertz CT molecular complexity index is 883. The lowest BCUT2D eigenvalue weighted by molar-refractivity contribution is -0.123. The molecule has 0 fully saturated rings. The van der Waals surface area contributed by atoms with E-state index in [0.717, 1.165) is 24.5 Å². The molecule has 1 atom stereocenters. The van der Waals surface area contributed by atoms with E-state index < -0.39 is 6.04 Å². The molecule has 1 unspecified atom stereocenters. The highest BCUT2D eigenvalue weighted by molar-refractivity contribution is 5.97. The van der Waals surface area contributed by atoms with Gasteiger partial charge in [0, 0.05) is 37.7 Å². The molecule has 2 heterocycles. The lowest BCUT2D eigenvalue weighted by Crippen LogP contribution is -2.50. The third kappa shape index (κ3) is 5.96. The van der Waals surface area contributed by atoms with Gasteiger partial charge in [-0.05, 0) is 41.9 Å². The lowest BCUT2D eigenvalue weighted by Gasteiger charge is -2.22. The second kappa shape index (κ2) is 9.67. The number of benzene rings is 1. The van der Waals surface area contributed by atoms with Gasteiger partial charge in [0.25, 0.3) is 5.91 Å². The summed E-state index contributed by atoms with van der Waals surface area (Å²) in [6, 6.07) is 7.02. The number of aryl methyl sites for hydroxylation is 2. The van der Waals surface area contributed by atoms with E-state index in [1.807, 2.05) is 38.1 Å². The number of hydrogen-bond acceptors (Lipinski definition) is 3. The average Bonchev–Trinajstić information content (AvgIpc) is 3.13. The molecule has 1 aliphatic heterocycles. The van der Waals surface area contributed by atoms with Crippen LogP contribution in [0.3, 0.4) is 0 Å². The third-order valence-corrected chi connectivity index (χ3v) is 5.89. The van der Waals surface area contributed by atoms with Crippen LogP contribution in [0.2, 0.25) is 0 Å². The van der Waals surface area contributed by atoms with Crippen LogP contribution in [-0.4, -0.2) is 34.0 Å². The molecule has 1 aromatic heterocycles. The first-order valence-electron chi connectivity index (χ1n) is 11.4. The van der Waals surface area contributed by atoms with Crippen molar-refractivity contribution in [3.8, 4) is 0 Å². The van der Waals surface area contributed by atoms with Crippen molar-refractivity contribution < 1.29 is 9.59 Å². The van der Waals surface area contributed by atoms with E-state index in [9.17, 15) is 9.59 Å². The van der Waals surface area contributed by atoms with Gasteiger partial charge in [0.05, 0.1) is 5.69 Å². The van der Waals surface area contributed by atoms with E-state index in [0.29, 0.717) is 18.5 Å². The molecular weight excluding hydrogens is 388 g/mol. The van der Waals surface area contributed by atoms with Crippen LogP contribution >= 0.6 is 0 Å². The first-order chi connectivity index (χ1) is 14.6. The summed E-state index contributed by atoms with van der Waals surface area (Å²) in [5.41, 5.74) is 2.78. The number of nitrogens with one attached hydrogen (secondary N) is 2. The van der Waals surface area contributed by atoms with Crippen LogP contribution in [0.25, 0.3) is 0 Å². The number of carbonyl (C=O) groups excluding carboxylic acids is 2. The van der Waals surface area contributed by atoms with E-state index in [-0.39, 0.29) is 23.1 Å². The molecule has 3 rings (SSSR count). The molecule has 2 N–H and O–H groups in total. The maximum atomic E-state index is 12.8. The van der Waals surface area contributed by atoms with E-state index >= 15 is 0 Å². The molecule has 0 aliphatic carbocycles. The molecule has 168 valence electrons. The second-order valence-electron chi connectivity index (χ2n) is 9.86. The Morgan fingerprint density at radius 2 is 1.84 bits per heavy atom. The zero-order valence-corrected chi connectivity index (χ0v) is 19.5. The number of imidazole rings is 1. The molecule has 0 bridgehead atoms. The van der Waals surface area contributed by atoms with Gasteiger partial charge in [-0.15, -0.1) is 0 Å². The highest BCUT2D eigenvalue weighted by atomic mass is 16.2. The summed E-state index contributed by atoms with van der Waals surface area (Å²) < 4.78 is 2.22. The van der Waals surface area contributed by atoms with E-state index in [1.165, 1.54) is 18.4 Å². The van der Waals surface area contributed by atoms with Gasteiger partial charge in [0.2, 0.25) is 5.91 Å². The number of aromatic nitrogens is 2. The largest absolute Gasteiger partial charge is 0.354 e. The summed E-state index contributed by atoms with van der Waals surface area (Å²) in [5, 5.41) is 5.88. The van der Waals surface area contributed by atoms with Crippen LogP contribution in [0, 0.1) is 5.92 Å². The van der Waals surface area contributed by atoms with E-state index in [1.54, 1.807) is 0 Å². The summed E-state index contributed by atoms with van der Waals surface area (Å²) in [6.45, 7) is 11.8. The van der Waals surface area contributed by atoms with Crippen LogP contribution in [-0.2, 0) is 29.6 Å². The van der Waals surface area contributed by atoms with Gasteiger partial charge in [-0.3, -0.25) is 9.59 Å². The molecule has 0 saturated heterocycles. The molecule has 1 aliphatic rings. The van der Waals surface area contributed by atoms with Crippen molar-refractivity contribution in [3.05, 3.63) is 53.1 Å². The third-order valence-electron chi connectivity index (χ3n) is 5.89. The zero-order valence-electron chi connectivity index (χ0n) is 19.5. The Balaban J connectivity index is 1.55. The minimum atomic E-state index is -0.579. The Kier molecular flexibility index (Phi) is 7.19. The topological polar surface area (TPSA) is 76.0 Å². The fourth-order valence-corrected chi connectivity index (χ4v) is 3.90. The highest BCUT2D eigenvalue weighted by Gasteiger charge is 2.25. The predicted octanol–water partition coefficient (Wildman–Crippen LogP) is 3.63. The van der Waals surface area contributed by atoms with Gasteiger partial charge < -0.3 is 15.2 Å². The summed E-state index contributed by atoms with van der Waals surface area (Å²) in [7, 11) is 0. The summed E-state index contributed by atoms with van der Waals surface area (Å²) in [6.07, 6.45) is 6.23. The van der Waals surface area contributed by atoms with Crippen molar-refractivity contribution >= 4 is 11.8 Å². The van der Waals surface area contributed by atoms with Crippen LogP contribution < -0.4 is 10.6 Å². The minimum absolute atomic E-state index is 0.0160. The smallest absolute Gasteiger partial charge is 0.251 e. The van der Waals surface area contributed by atoms with Crippen LogP contribution in [0.4, 0.5) is 0 Å². The number of fused-ring (bicyclic) bond motifs is 1. The van der Waals surface area contributed by atoms with Gasteiger partial charge in [-0.1, -0.05) is 46.8 Å². The van der Waals surface area contributed by atoms with Gasteiger partial charge in [-0.25, -0.2) is 4.98 Å². The number of rotatable bonds is 7. The standard InChI is InChI=1S/C25H36N4O2/c1-17(2)22(28-23(30)18-9-11-19(12-10-18)25(3,4)5)24(31)26-14-13-20-16-29-15-7-6-8-21(29)27-20/h9-12,16-17,22H,6-8,13-15H2,1-5H3,(H,26,31)(H,28,30). The monoisotopic (exact) mass is 424 g/mol. The fourth-order valence-electron chi connectivity index (χ4n) is 3.90. The molecule has 2 amide bonds. The number of nitrogens with zero attached hydrogens (tertiary/aromatic N) is 2. The summed E-state index contributed by atoms with van der Waals surface area (Å²) in [4.78, 5) is 30.2.